The van der Waals surface area contributed by atoms with Crippen LogP contribution in [0.1, 0.15) is 106 Å². The van der Waals surface area contributed by atoms with Crippen molar-refractivity contribution >= 4 is 0 Å². The number of hydrogen-bond acceptors (Lipinski definition) is 0. The van der Waals surface area contributed by atoms with Gasteiger partial charge in [0.2, 0.25) is 0 Å². The quantitative estimate of drug-likeness (QED) is 0.385. The van der Waals surface area contributed by atoms with Gasteiger partial charge < -0.3 is 0 Å². The molecule has 1 atom stereocenters. The van der Waals surface area contributed by atoms with Crippen molar-refractivity contribution in [3.05, 3.63) is 22.3 Å². The molecular weight excluding hydrogens is 264 g/mol. The highest BCUT2D eigenvalue weighted by molar-refractivity contribution is 5.49. The van der Waals surface area contributed by atoms with Crippen LogP contribution in [0.5, 0.6) is 0 Å². The second-order valence-electron chi connectivity index (χ2n) is 7.66. The van der Waals surface area contributed by atoms with E-state index in [-0.39, 0.29) is 0 Å². The standard InChI is InChI=1S/C22H40/c1-8-11-14-22(15-12-9-2,16-13-10-3)21-19(6)17(4)18(5)20(21)7/h19H,8-16H2,1-7H3. The third kappa shape index (κ3) is 4.06. The highest BCUT2D eigenvalue weighted by Crippen LogP contribution is 2.53. The number of rotatable bonds is 10. The van der Waals surface area contributed by atoms with Gasteiger partial charge in [0.1, 0.15) is 0 Å². The van der Waals surface area contributed by atoms with Crippen LogP contribution in [0.15, 0.2) is 22.3 Å². The van der Waals surface area contributed by atoms with Crippen molar-refractivity contribution < 1.29 is 0 Å². The van der Waals surface area contributed by atoms with Crippen LogP contribution in [-0.4, -0.2) is 0 Å². The van der Waals surface area contributed by atoms with Crippen LogP contribution in [0.25, 0.3) is 0 Å². The van der Waals surface area contributed by atoms with Crippen LogP contribution in [0, 0.1) is 11.3 Å². The zero-order valence-corrected chi connectivity index (χ0v) is 16.4. The lowest BCUT2D eigenvalue weighted by atomic mass is 9.65. The summed E-state index contributed by atoms with van der Waals surface area (Å²) in [7, 11) is 0. The van der Waals surface area contributed by atoms with Gasteiger partial charge in [-0.1, -0.05) is 77.4 Å². The molecule has 0 heterocycles. The van der Waals surface area contributed by atoms with Gasteiger partial charge in [-0.25, -0.2) is 0 Å². The Morgan fingerprint density at radius 2 is 1.14 bits per heavy atom. The maximum Gasteiger partial charge on any atom is -0.000699 e. The fourth-order valence-electron chi connectivity index (χ4n) is 4.55. The Morgan fingerprint density at radius 3 is 1.41 bits per heavy atom. The van der Waals surface area contributed by atoms with Gasteiger partial charge >= 0.3 is 0 Å². The normalized spacial score (nSPS) is 19.5. The lowest BCUT2D eigenvalue weighted by molar-refractivity contribution is 0.237. The third-order valence-corrected chi connectivity index (χ3v) is 6.24. The van der Waals surface area contributed by atoms with E-state index in [2.05, 4.69) is 48.5 Å². The zero-order valence-electron chi connectivity index (χ0n) is 16.4. The predicted octanol–water partition coefficient (Wildman–Crippen LogP) is 7.85. The molecule has 0 heteroatoms. The van der Waals surface area contributed by atoms with Crippen LogP contribution in [0.3, 0.4) is 0 Å². The van der Waals surface area contributed by atoms with Gasteiger partial charge in [-0.2, -0.15) is 0 Å². The zero-order chi connectivity index (χ0) is 16.8. The molecule has 0 aromatic rings. The topological polar surface area (TPSA) is 0 Å². The average Bonchev–Trinajstić information content (AvgIpc) is 2.71. The fourth-order valence-corrected chi connectivity index (χ4v) is 4.55. The van der Waals surface area contributed by atoms with Gasteiger partial charge in [0.05, 0.1) is 0 Å². The Morgan fingerprint density at radius 1 is 0.727 bits per heavy atom. The molecule has 128 valence electrons. The van der Waals surface area contributed by atoms with Crippen molar-refractivity contribution in [3.8, 4) is 0 Å². The molecule has 0 N–H and O–H groups in total. The molecule has 1 aliphatic rings. The summed E-state index contributed by atoms with van der Waals surface area (Å²) in [6.07, 6.45) is 12.3. The van der Waals surface area contributed by atoms with E-state index in [1.54, 1.807) is 16.7 Å². The Balaban J connectivity index is 3.22. The molecule has 0 amide bonds. The van der Waals surface area contributed by atoms with Gasteiger partial charge in [0, 0.05) is 0 Å². The minimum absolute atomic E-state index is 0.477. The van der Waals surface area contributed by atoms with E-state index in [9.17, 15) is 0 Å². The molecule has 0 aromatic heterocycles. The summed E-state index contributed by atoms with van der Waals surface area (Å²) in [5, 5.41) is 0. The van der Waals surface area contributed by atoms with E-state index in [4.69, 9.17) is 0 Å². The van der Waals surface area contributed by atoms with Gasteiger partial charge in [-0.3, -0.25) is 0 Å². The molecule has 1 rings (SSSR count). The van der Waals surface area contributed by atoms with Crippen LogP contribution in [-0.2, 0) is 0 Å². The Kier molecular flexibility index (Phi) is 7.94. The molecule has 0 spiro atoms. The summed E-state index contributed by atoms with van der Waals surface area (Å²) < 4.78 is 0. The Hall–Kier alpha value is -0.520. The van der Waals surface area contributed by atoms with Gasteiger partial charge in [0.15, 0.2) is 0 Å². The molecule has 0 fully saturated rings. The van der Waals surface area contributed by atoms with Crippen molar-refractivity contribution in [1.29, 1.82) is 0 Å². The van der Waals surface area contributed by atoms with E-state index < -0.39 is 0 Å². The highest BCUT2D eigenvalue weighted by Gasteiger charge is 2.39. The van der Waals surface area contributed by atoms with Crippen LogP contribution >= 0.6 is 0 Å². The summed E-state index contributed by atoms with van der Waals surface area (Å²) in [6, 6.07) is 0. The van der Waals surface area contributed by atoms with Crippen molar-refractivity contribution in [2.24, 2.45) is 11.3 Å². The number of allylic oxidation sites excluding steroid dienone is 4. The first kappa shape index (κ1) is 19.5. The third-order valence-electron chi connectivity index (χ3n) is 6.24. The van der Waals surface area contributed by atoms with E-state index in [0.717, 1.165) is 0 Å². The minimum atomic E-state index is 0.477. The Labute approximate surface area is 140 Å². The lowest BCUT2D eigenvalue weighted by Crippen LogP contribution is -2.27. The van der Waals surface area contributed by atoms with Crippen molar-refractivity contribution in [2.45, 2.75) is 106 Å². The van der Waals surface area contributed by atoms with Crippen LogP contribution < -0.4 is 0 Å². The largest absolute Gasteiger partial charge is 0.0654 e. The summed E-state index contributed by atoms with van der Waals surface area (Å²) in [4.78, 5) is 0. The molecular formula is C22H40. The fraction of sp³-hybridized carbons (Fsp3) is 0.818. The van der Waals surface area contributed by atoms with Gasteiger partial charge in [0.25, 0.3) is 0 Å². The number of hydrogen-bond donors (Lipinski definition) is 0. The molecule has 22 heavy (non-hydrogen) atoms. The SMILES string of the molecule is CCCCC(CCCC)(CCCC)C1=C(C)C(C)=C(C)C1C. The maximum atomic E-state index is 2.46. The molecule has 0 bridgehead atoms. The molecule has 0 radical (unpaired) electrons. The highest BCUT2D eigenvalue weighted by atomic mass is 14.4. The molecule has 1 unspecified atom stereocenters. The summed E-state index contributed by atoms with van der Waals surface area (Å²) >= 11 is 0. The van der Waals surface area contributed by atoms with E-state index in [0.29, 0.717) is 11.3 Å². The first-order chi connectivity index (χ1) is 10.4. The molecule has 0 aliphatic heterocycles. The maximum absolute atomic E-state index is 2.46. The molecule has 0 aromatic carbocycles. The molecule has 0 saturated carbocycles. The first-order valence-corrected chi connectivity index (χ1v) is 9.84. The van der Waals surface area contributed by atoms with Crippen molar-refractivity contribution in [3.63, 3.8) is 0 Å². The summed E-state index contributed by atoms with van der Waals surface area (Å²) in [5.74, 6) is 0.672. The van der Waals surface area contributed by atoms with Gasteiger partial charge in [-0.15, -0.1) is 0 Å². The number of unbranched alkanes of at least 4 members (excludes halogenated alkanes) is 3. The lowest BCUT2D eigenvalue weighted by Gasteiger charge is -2.40. The Bertz CT molecular complexity index is 386. The molecule has 0 saturated heterocycles. The van der Waals surface area contributed by atoms with E-state index in [1.807, 2.05) is 5.57 Å². The van der Waals surface area contributed by atoms with Gasteiger partial charge in [-0.05, 0) is 62.5 Å². The molecule has 0 nitrogen and oxygen atoms in total. The van der Waals surface area contributed by atoms with E-state index >= 15 is 0 Å². The molecule has 1 aliphatic carbocycles. The second-order valence-corrected chi connectivity index (χ2v) is 7.66. The van der Waals surface area contributed by atoms with Crippen molar-refractivity contribution in [1.82, 2.24) is 0 Å². The predicted molar refractivity (Wildman–Crippen MR) is 101 cm³/mol. The van der Waals surface area contributed by atoms with E-state index in [1.165, 1.54) is 57.8 Å². The smallest absolute Gasteiger partial charge is 0.000699 e. The second kappa shape index (κ2) is 8.94. The van der Waals surface area contributed by atoms with Crippen molar-refractivity contribution in [2.75, 3.05) is 0 Å². The van der Waals surface area contributed by atoms with Crippen LogP contribution in [0.4, 0.5) is 0 Å². The van der Waals surface area contributed by atoms with Crippen LogP contribution in [0.2, 0.25) is 0 Å². The average molecular weight is 305 g/mol. The summed E-state index contributed by atoms with van der Waals surface area (Å²) in [5.41, 5.74) is 7.13. The minimum Gasteiger partial charge on any atom is -0.0654 e. The monoisotopic (exact) mass is 304 g/mol. The summed E-state index contributed by atoms with van der Waals surface area (Å²) in [6.45, 7) is 16.6. The first-order valence-electron chi connectivity index (χ1n) is 9.84.